The molecule has 0 bridgehead atoms. The van der Waals surface area contributed by atoms with E-state index >= 15 is 0 Å². The van der Waals surface area contributed by atoms with Crippen LogP contribution in [0.25, 0.3) is 6.08 Å². The molecule has 32 heavy (non-hydrogen) atoms. The van der Waals surface area contributed by atoms with E-state index in [-0.39, 0.29) is 12.0 Å². The van der Waals surface area contributed by atoms with Crippen molar-refractivity contribution in [1.82, 2.24) is 4.90 Å². The van der Waals surface area contributed by atoms with Gasteiger partial charge < -0.3 is 14.2 Å². The molecule has 2 aromatic rings. The topological polar surface area (TPSA) is 48.0 Å². The van der Waals surface area contributed by atoms with Gasteiger partial charge in [0.2, 0.25) is 0 Å². The number of nitrogens with zero attached hydrogens (tertiary/aromatic N) is 1. The molecular formula is C25H27NO4S2. The normalized spacial score (nSPS) is 19.8. The summed E-state index contributed by atoms with van der Waals surface area (Å²) in [6, 6.07) is 14.0. The molecule has 2 aromatic carbocycles. The Morgan fingerprint density at radius 2 is 2.00 bits per heavy atom. The number of thiocarbonyl (C=S) groups is 1. The minimum absolute atomic E-state index is 0.0619. The summed E-state index contributed by atoms with van der Waals surface area (Å²) in [5, 5.41) is 0. The highest BCUT2D eigenvalue weighted by Crippen LogP contribution is 2.35. The van der Waals surface area contributed by atoms with Gasteiger partial charge in [0, 0.05) is 6.61 Å². The van der Waals surface area contributed by atoms with Crippen molar-refractivity contribution in [1.29, 1.82) is 0 Å². The average Bonchev–Trinajstić information content (AvgIpc) is 3.39. The van der Waals surface area contributed by atoms with Crippen molar-refractivity contribution in [3.8, 4) is 11.5 Å². The zero-order valence-electron chi connectivity index (χ0n) is 18.3. The maximum atomic E-state index is 12.9. The van der Waals surface area contributed by atoms with Crippen LogP contribution in [0.2, 0.25) is 0 Å². The summed E-state index contributed by atoms with van der Waals surface area (Å²) in [6.45, 7) is 6.26. The van der Waals surface area contributed by atoms with Gasteiger partial charge in [0.1, 0.15) is 10.9 Å². The van der Waals surface area contributed by atoms with Crippen LogP contribution < -0.4 is 9.47 Å². The molecule has 0 saturated carbocycles. The van der Waals surface area contributed by atoms with Crippen molar-refractivity contribution in [3.63, 3.8) is 0 Å². The lowest BCUT2D eigenvalue weighted by Gasteiger charge is -2.18. The number of benzene rings is 2. The van der Waals surface area contributed by atoms with Gasteiger partial charge in [0.05, 0.1) is 24.2 Å². The molecule has 2 fully saturated rings. The predicted molar refractivity (Wildman–Crippen MR) is 132 cm³/mol. The summed E-state index contributed by atoms with van der Waals surface area (Å²) in [5.41, 5.74) is 3.18. The predicted octanol–water partition coefficient (Wildman–Crippen LogP) is 5.35. The van der Waals surface area contributed by atoms with Gasteiger partial charge in [0.15, 0.2) is 11.5 Å². The van der Waals surface area contributed by atoms with Crippen LogP contribution in [0.4, 0.5) is 0 Å². The van der Waals surface area contributed by atoms with E-state index in [0.29, 0.717) is 40.5 Å². The third-order valence-corrected chi connectivity index (χ3v) is 6.74. The Labute approximate surface area is 198 Å². The van der Waals surface area contributed by atoms with Gasteiger partial charge in [-0.25, -0.2) is 0 Å². The van der Waals surface area contributed by atoms with Crippen molar-refractivity contribution in [3.05, 3.63) is 64.1 Å². The van der Waals surface area contributed by atoms with Crippen molar-refractivity contribution in [2.75, 3.05) is 19.8 Å². The molecule has 2 aliphatic rings. The van der Waals surface area contributed by atoms with Crippen LogP contribution in [-0.2, 0) is 16.1 Å². The van der Waals surface area contributed by atoms with Crippen molar-refractivity contribution >= 4 is 40.3 Å². The summed E-state index contributed by atoms with van der Waals surface area (Å²) >= 11 is 6.78. The minimum Gasteiger partial charge on any atom is -0.490 e. The number of carbonyl (C=O) groups excluding carboxylic acids is 1. The van der Waals surface area contributed by atoms with Gasteiger partial charge in [-0.15, -0.1) is 0 Å². The van der Waals surface area contributed by atoms with Gasteiger partial charge >= 0.3 is 0 Å². The smallest absolute Gasteiger partial charge is 0.266 e. The molecule has 1 unspecified atom stereocenters. The molecule has 0 radical (unpaired) electrons. The van der Waals surface area contributed by atoms with Crippen LogP contribution in [0.3, 0.4) is 0 Å². The third kappa shape index (κ3) is 5.52. The number of rotatable bonds is 8. The molecule has 7 heteroatoms. The standard InChI is InChI=1S/C25H27NO4S2/c1-3-28-22-13-19(10-11-21(22)30-16-18-8-6-17(2)7-9-18)14-23-24(27)26(25(31)32-23)15-20-5-4-12-29-20/h6-11,13-14,20H,3-5,12,15-16H2,1-2H3/b23-14+. The first-order chi connectivity index (χ1) is 15.5. The fourth-order valence-electron chi connectivity index (χ4n) is 3.65. The van der Waals surface area contributed by atoms with E-state index in [1.807, 2.05) is 31.2 Å². The zero-order valence-corrected chi connectivity index (χ0v) is 20.0. The first kappa shape index (κ1) is 22.8. The molecule has 1 atom stereocenters. The second kappa shape index (κ2) is 10.5. The highest BCUT2D eigenvalue weighted by molar-refractivity contribution is 8.26. The summed E-state index contributed by atoms with van der Waals surface area (Å²) in [7, 11) is 0. The van der Waals surface area contributed by atoms with Crippen LogP contribution in [0, 0.1) is 6.92 Å². The van der Waals surface area contributed by atoms with E-state index in [0.717, 1.165) is 30.6 Å². The van der Waals surface area contributed by atoms with Crippen LogP contribution in [0.15, 0.2) is 47.4 Å². The largest absolute Gasteiger partial charge is 0.490 e. The van der Waals surface area contributed by atoms with Gasteiger partial charge in [-0.2, -0.15) is 0 Å². The zero-order chi connectivity index (χ0) is 22.5. The van der Waals surface area contributed by atoms with Gasteiger partial charge in [-0.1, -0.05) is 59.9 Å². The van der Waals surface area contributed by atoms with E-state index in [4.69, 9.17) is 26.4 Å². The van der Waals surface area contributed by atoms with E-state index < -0.39 is 0 Å². The molecule has 2 heterocycles. The summed E-state index contributed by atoms with van der Waals surface area (Å²) in [4.78, 5) is 15.2. The second-order valence-corrected chi connectivity index (χ2v) is 9.52. The molecule has 4 rings (SSSR count). The number of ether oxygens (including phenoxy) is 3. The Morgan fingerprint density at radius 1 is 1.19 bits per heavy atom. The molecule has 0 spiro atoms. The van der Waals surface area contributed by atoms with Gasteiger partial charge in [-0.05, 0) is 56.0 Å². The lowest BCUT2D eigenvalue weighted by Crippen LogP contribution is -2.35. The number of hydrogen-bond acceptors (Lipinski definition) is 6. The number of thioether (sulfide) groups is 1. The number of aryl methyl sites for hydroxylation is 1. The Bertz CT molecular complexity index is 1010. The summed E-state index contributed by atoms with van der Waals surface area (Å²) in [6.07, 6.45) is 3.94. The fourth-order valence-corrected chi connectivity index (χ4v) is 4.92. The molecule has 5 nitrogen and oxygen atoms in total. The molecule has 0 N–H and O–H groups in total. The highest BCUT2D eigenvalue weighted by Gasteiger charge is 2.34. The molecule has 1 amide bonds. The Kier molecular flexibility index (Phi) is 7.50. The van der Waals surface area contributed by atoms with Crippen LogP contribution in [0.5, 0.6) is 11.5 Å². The Hall–Kier alpha value is -2.35. The molecular weight excluding hydrogens is 442 g/mol. The number of hydrogen-bond donors (Lipinski definition) is 0. The molecule has 0 aliphatic carbocycles. The second-order valence-electron chi connectivity index (χ2n) is 7.84. The number of amides is 1. The van der Waals surface area contributed by atoms with Crippen LogP contribution in [-0.4, -0.2) is 41.0 Å². The first-order valence-electron chi connectivity index (χ1n) is 10.9. The highest BCUT2D eigenvalue weighted by atomic mass is 32.2. The Morgan fingerprint density at radius 3 is 2.72 bits per heavy atom. The number of carbonyl (C=O) groups is 1. The van der Waals surface area contributed by atoms with E-state index in [2.05, 4.69) is 31.2 Å². The molecule has 0 aromatic heterocycles. The quantitative estimate of drug-likeness (QED) is 0.384. The van der Waals surface area contributed by atoms with E-state index in [1.165, 1.54) is 17.3 Å². The van der Waals surface area contributed by atoms with Gasteiger partial charge in [-0.3, -0.25) is 9.69 Å². The fraction of sp³-hybridized carbons (Fsp3) is 0.360. The molecule has 2 saturated heterocycles. The van der Waals surface area contributed by atoms with Crippen molar-refractivity contribution in [2.24, 2.45) is 0 Å². The maximum Gasteiger partial charge on any atom is 0.266 e. The Balaban J connectivity index is 1.47. The lowest BCUT2D eigenvalue weighted by atomic mass is 10.1. The molecule has 2 aliphatic heterocycles. The van der Waals surface area contributed by atoms with Gasteiger partial charge in [0.25, 0.3) is 5.91 Å². The first-order valence-corrected chi connectivity index (χ1v) is 12.1. The summed E-state index contributed by atoms with van der Waals surface area (Å²) in [5.74, 6) is 1.27. The monoisotopic (exact) mass is 469 g/mol. The van der Waals surface area contributed by atoms with Crippen molar-refractivity contribution < 1.29 is 19.0 Å². The third-order valence-electron chi connectivity index (χ3n) is 5.36. The van der Waals surface area contributed by atoms with Crippen LogP contribution in [0.1, 0.15) is 36.5 Å². The van der Waals surface area contributed by atoms with E-state index in [1.54, 1.807) is 4.90 Å². The average molecular weight is 470 g/mol. The van der Waals surface area contributed by atoms with Crippen LogP contribution >= 0.6 is 24.0 Å². The van der Waals surface area contributed by atoms with E-state index in [9.17, 15) is 4.79 Å². The lowest BCUT2D eigenvalue weighted by molar-refractivity contribution is -0.123. The minimum atomic E-state index is -0.0619. The SMILES string of the molecule is CCOc1cc(/C=C2/SC(=S)N(CC3CCCO3)C2=O)ccc1OCc1ccc(C)cc1. The van der Waals surface area contributed by atoms with Crippen molar-refractivity contribution in [2.45, 2.75) is 39.4 Å². The molecule has 168 valence electrons. The summed E-state index contributed by atoms with van der Waals surface area (Å²) < 4.78 is 18.1. The maximum absolute atomic E-state index is 12.9.